The summed E-state index contributed by atoms with van der Waals surface area (Å²) in [5.41, 5.74) is 1.12. The van der Waals surface area contributed by atoms with E-state index in [4.69, 9.17) is 9.47 Å². The van der Waals surface area contributed by atoms with Gasteiger partial charge in [0.25, 0.3) is 0 Å². The number of guanidine groups is 1. The molecule has 1 aliphatic rings. The summed E-state index contributed by atoms with van der Waals surface area (Å²) in [4.78, 5) is 6.93. The van der Waals surface area contributed by atoms with E-state index < -0.39 is 0 Å². The van der Waals surface area contributed by atoms with Crippen LogP contribution in [-0.2, 0) is 6.42 Å². The van der Waals surface area contributed by atoms with Crippen LogP contribution in [0.3, 0.4) is 0 Å². The van der Waals surface area contributed by atoms with Gasteiger partial charge in [-0.2, -0.15) is 0 Å². The molecule has 1 unspecified atom stereocenters. The van der Waals surface area contributed by atoms with Crippen molar-refractivity contribution in [2.75, 3.05) is 47.4 Å². The third-order valence-corrected chi connectivity index (χ3v) is 5.25. The van der Waals surface area contributed by atoms with Crippen molar-refractivity contribution in [3.05, 3.63) is 23.8 Å². The molecule has 1 atom stereocenters. The van der Waals surface area contributed by atoms with Gasteiger partial charge in [-0.3, -0.25) is 4.99 Å². The van der Waals surface area contributed by atoms with E-state index in [1.54, 1.807) is 14.2 Å². The molecule has 0 aromatic heterocycles. The highest BCUT2D eigenvalue weighted by atomic mass is 127. The van der Waals surface area contributed by atoms with Crippen molar-refractivity contribution in [1.29, 1.82) is 0 Å². The van der Waals surface area contributed by atoms with Crippen LogP contribution in [0.1, 0.15) is 38.2 Å². The SMILES string of the molecule is CN=C(NCCCN1CCCCC1C)NCCc1cc(OC)ccc1OC.I. The van der Waals surface area contributed by atoms with Gasteiger partial charge in [0.2, 0.25) is 0 Å². The second-order valence-corrected chi connectivity index (χ2v) is 7.09. The topological polar surface area (TPSA) is 58.1 Å². The second kappa shape index (κ2) is 13.9. The monoisotopic (exact) mass is 504 g/mol. The van der Waals surface area contributed by atoms with Crippen molar-refractivity contribution < 1.29 is 9.47 Å². The van der Waals surface area contributed by atoms with Crippen LogP contribution in [0.4, 0.5) is 0 Å². The number of piperidine rings is 1. The molecule has 1 aliphatic heterocycles. The Morgan fingerprint density at radius 2 is 1.96 bits per heavy atom. The number of hydrogen-bond donors (Lipinski definition) is 2. The van der Waals surface area contributed by atoms with Gasteiger partial charge < -0.3 is 25.0 Å². The highest BCUT2D eigenvalue weighted by Crippen LogP contribution is 2.24. The largest absolute Gasteiger partial charge is 0.497 e. The number of ether oxygens (including phenoxy) is 2. The molecule has 7 heteroatoms. The standard InChI is InChI=1S/C21H36N4O2.HI/c1-17-8-5-6-14-25(17)15-7-12-23-21(22-2)24-13-11-18-16-19(26-3)9-10-20(18)27-4;/h9-10,16-17H,5-8,11-15H2,1-4H3,(H2,22,23,24);1H. The number of nitrogens with one attached hydrogen (secondary N) is 2. The van der Waals surface area contributed by atoms with Crippen molar-refractivity contribution in [3.8, 4) is 11.5 Å². The van der Waals surface area contributed by atoms with E-state index in [9.17, 15) is 0 Å². The van der Waals surface area contributed by atoms with Crippen molar-refractivity contribution in [2.45, 2.75) is 45.1 Å². The molecule has 0 spiro atoms. The van der Waals surface area contributed by atoms with Crippen LogP contribution in [0.2, 0.25) is 0 Å². The average molecular weight is 504 g/mol. The fourth-order valence-corrected chi connectivity index (χ4v) is 3.59. The number of nitrogens with zero attached hydrogens (tertiary/aromatic N) is 2. The van der Waals surface area contributed by atoms with Gasteiger partial charge in [0.1, 0.15) is 11.5 Å². The summed E-state index contributed by atoms with van der Waals surface area (Å²) in [5.74, 6) is 2.58. The molecule has 28 heavy (non-hydrogen) atoms. The summed E-state index contributed by atoms with van der Waals surface area (Å²) in [6.45, 7) is 6.47. The predicted molar refractivity (Wildman–Crippen MR) is 128 cm³/mol. The Labute approximate surface area is 187 Å². The first-order chi connectivity index (χ1) is 13.2. The van der Waals surface area contributed by atoms with Crippen LogP contribution in [0.15, 0.2) is 23.2 Å². The van der Waals surface area contributed by atoms with Gasteiger partial charge in [-0.1, -0.05) is 6.42 Å². The lowest BCUT2D eigenvalue weighted by Crippen LogP contribution is -2.41. The summed E-state index contributed by atoms with van der Waals surface area (Å²) < 4.78 is 10.8. The Kier molecular flexibility index (Phi) is 12.3. The molecular formula is C21H37IN4O2. The van der Waals surface area contributed by atoms with Crippen LogP contribution < -0.4 is 20.1 Å². The van der Waals surface area contributed by atoms with Crippen LogP contribution in [-0.4, -0.2) is 64.3 Å². The molecule has 0 aliphatic carbocycles. The molecule has 0 amide bonds. The normalized spacial score (nSPS) is 17.6. The highest BCUT2D eigenvalue weighted by molar-refractivity contribution is 14.0. The molecule has 1 aromatic carbocycles. The zero-order valence-electron chi connectivity index (χ0n) is 17.8. The minimum Gasteiger partial charge on any atom is -0.497 e. The van der Waals surface area contributed by atoms with Crippen LogP contribution >= 0.6 is 24.0 Å². The van der Waals surface area contributed by atoms with Crippen molar-refractivity contribution in [1.82, 2.24) is 15.5 Å². The molecule has 6 nitrogen and oxygen atoms in total. The minimum absolute atomic E-state index is 0. The van der Waals surface area contributed by atoms with Gasteiger partial charge in [0.15, 0.2) is 5.96 Å². The summed E-state index contributed by atoms with van der Waals surface area (Å²) in [6.07, 6.45) is 6.03. The molecule has 2 N–H and O–H groups in total. The number of aliphatic imine (C=N–C) groups is 1. The quantitative estimate of drug-likeness (QED) is 0.234. The summed E-state index contributed by atoms with van der Waals surface area (Å²) in [7, 11) is 5.19. The molecule has 2 rings (SSSR count). The summed E-state index contributed by atoms with van der Waals surface area (Å²) >= 11 is 0. The molecular weight excluding hydrogens is 467 g/mol. The first-order valence-corrected chi connectivity index (χ1v) is 10.1. The van der Waals surface area contributed by atoms with Crippen LogP contribution in [0.5, 0.6) is 11.5 Å². The lowest BCUT2D eigenvalue weighted by molar-refractivity contribution is 0.159. The Morgan fingerprint density at radius 1 is 1.18 bits per heavy atom. The zero-order chi connectivity index (χ0) is 19.5. The van der Waals surface area contributed by atoms with Crippen molar-refractivity contribution >= 4 is 29.9 Å². The number of methoxy groups -OCH3 is 2. The zero-order valence-corrected chi connectivity index (χ0v) is 20.1. The van der Waals surface area contributed by atoms with Gasteiger partial charge in [-0.15, -0.1) is 24.0 Å². The van der Waals surface area contributed by atoms with Gasteiger partial charge >= 0.3 is 0 Å². The Balaban J connectivity index is 0.00000392. The number of rotatable bonds is 9. The minimum atomic E-state index is 0. The maximum atomic E-state index is 5.44. The first-order valence-electron chi connectivity index (χ1n) is 10.1. The first kappa shape index (κ1) is 24.8. The fourth-order valence-electron chi connectivity index (χ4n) is 3.59. The predicted octanol–water partition coefficient (Wildman–Crippen LogP) is 3.29. The smallest absolute Gasteiger partial charge is 0.190 e. The van der Waals surface area contributed by atoms with Crippen LogP contribution in [0.25, 0.3) is 0 Å². The van der Waals surface area contributed by atoms with Crippen LogP contribution in [0, 0.1) is 0 Å². The Hall–Kier alpha value is -1.22. The van der Waals surface area contributed by atoms with E-state index in [-0.39, 0.29) is 24.0 Å². The van der Waals surface area contributed by atoms with E-state index in [1.165, 1.54) is 25.8 Å². The van der Waals surface area contributed by atoms with E-state index in [0.29, 0.717) is 0 Å². The lowest BCUT2D eigenvalue weighted by Gasteiger charge is -2.33. The van der Waals surface area contributed by atoms with Gasteiger partial charge in [0.05, 0.1) is 14.2 Å². The summed E-state index contributed by atoms with van der Waals surface area (Å²) in [6, 6.07) is 6.62. The van der Waals surface area contributed by atoms with Gasteiger partial charge in [-0.25, -0.2) is 0 Å². The molecule has 160 valence electrons. The summed E-state index contributed by atoms with van der Waals surface area (Å²) in [5, 5.41) is 6.80. The van der Waals surface area contributed by atoms with E-state index in [1.807, 2.05) is 25.2 Å². The number of likely N-dealkylation sites (tertiary alicyclic amines) is 1. The van der Waals surface area contributed by atoms with E-state index in [2.05, 4.69) is 27.4 Å². The molecule has 0 saturated carbocycles. The molecule has 1 saturated heterocycles. The van der Waals surface area contributed by atoms with E-state index >= 15 is 0 Å². The third kappa shape index (κ3) is 8.03. The van der Waals surface area contributed by atoms with Crippen molar-refractivity contribution in [2.24, 2.45) is 4.99 Å². The maximum Gasteiger partial charge on any atom is 0.190 e. The molecule has 0 radical (unpaired) electrons. The molecule has 1 fully saturated rings. The van der Waals surface area contributed by atoms with Gasteiger partial charge in [0, 0.05) is 32.7 Å². The molecule has 0 bridgehead atoms. The second-order valence-electron chi connectivity index (χ2n) is 7.09. The Bertz CT molecular complexity index is 598. The fraction of sp³-hybridized carbons (Fsp3) is 0.667. The number of hydrogen-bond acceptors (Lipinski definition) is 4. The van der Waals surface area contributed by atoms with Gasteiger partial charge in [-0.05, 0) is 62.9 Å². The number of halogens is 1. The van der Waals surface area contributed by atoms with Crippen molar-refractivity contribution in [3.63, 3.8) is 0 Å². The number of benzene rings is 1. The molecule has 1 aromatic rings. The lowest BCUT2D eigenvalue weighted by atomic mass is 10.0. The average Bonchev–Trinajstić information content (AvgIpc) is 2.70. The maximum absolute atomic E-state index is 5.44. The third-order valence-electron chi connectivity index (χ3n) is 5.25. The molecule has 1 heterocycles. The Morgan fingerprint density at radius 3 is 2.64 bits per heavy atom. The highest BCUT2D eigenvalue weighted by Gasteiger charge is 2.17. The van der Waals surface area contributed by atoms with E-state index in [0.717, 1.165) is 61.5 Å².